The molecule has 3 rings (SSSR count). The highest BCUT2D eigenvalue weighted by Crippen LogP contribution is 2.25. The van der Waals surface area contributed by atoms with Crippen LogP contribution in [0.4, 0.5) is 11.4 Å². The quantitative estimate of drug-likeness (QED) is 0.905. The number of aryl methyl sites for hydroxylation is 2. The Bertz CT molecular complexity index is 625. The number of nitrogens with zero attached hydrogens (tertiary/aromatic N) is 1. The van der Waals surface area contributed by atoms with E-state index in [1.54, 1.807) is 12.4 Å². The predicted octanol–water partition coefficient (Wildman–Crippen LogP) is 3.01. The molecule has 0 aliphatic carbocycles. The molecule has 4 heteroatoms. The van der Waals surface area contributed by atoms with Gasteiger partial charge in [0.2, 0.25) is 5.91 Å². The first kappa shape index (κ1) is 13.6. The maximum absolute atomic E-state index is 12.0. The van der Waals surface area contributed by atoms with E-state index in [9.17, 15) is 4.79 Å². The molecule has 2 aromatic rings. The standard InChI is InChI=1S/C17H19N3O/c21-17(8-5-13-3-1-9-18-12-13)20-15-7-6-14-4-2-10-19-16(14)11-15/h1,3,6-7,9,11-12,19H,2,4-5,8,10H2,(H,20,21). The highest BCUT2D eigenvalue weighted by molar-refractivity contribution is 5.91. The zero-order valence-electron chi connectivity index (χ0n) is 11.9. The molecule has 0 radical (unpaired) electrons. The molecule has 1 aromatic carbocycles. The van der Waals surface area contributed by atoms with E-state index in [-0.39, 0.29) is 5.91 Å². The van der Waals surface area contributed by atoms with Crippen molar-refractivity contribution in [2.45, 2.75) is 25.7 Å². The van der Waals surface area contributed by atoms with Crippen LogP contribution in [-0.2, 0) is 17.6 Å². The summed E-state index contributed by atoms with van der Waals surface area (Å²) < 4.78 is 0. The summed E-state index contributed by atoms with van der Waals surface area (Å²) in [6.45, 7) is 1.01. The summed E-state index contributed by atoms with van der Waals surface area (Å²) in [6.07, 6.45) is 7.00. The van der Waals surface area contributed by atoms with Crippen LogP contribution in [0.3, 0.4) is 0 Å². The zero-order chi connectivity index (χ0) is 14.5. The number of hydrogen-bond acceptors (Lipinski definition) is 3. The lowest BCUT2D eigenvalue weighted by atomic mass is 10.0. The van der Waals surface area contributed by atoms with Crippen molar-refractivity contribution in [2.24, 2.45) is 0 Å². The fraction of sp³-hybridized carbons (Fsp3) is 0.294. The number of carbonyl (C=O) groups is 1. The van der Waals surface area contributed by atoms with Crippen LogP contribution in [0.5, 0.6) is 0 Å². The smallest absolute Gasteiger partial charge is 0.224 e. The minimum Gasteiger partial charge on any atom is -0.385 e. The Balaban J connectivity index is 1.57. The summed E-state index contributed by atoms with van der Waals surface area (Å²) in [7, 11) is 0. The Labute approximate surface area is 124 Å². The van der Waals surface area contributed by atoms with E-state index in [1.165, 1.54) is 12.0 Å². The predicted molar refractivity (Wildman–Crippen MR) is 84.4 cm³/mol. The first-order valence-corrected chi connectivity index (χ1v) is 7.37. The second-order valence-electron chi connectivity index (χ2n) is 5.31. The Morgan fingerprint density at radius 1 is 1.33 bits per heavy atom. The molecule has 0 unspecified atom stereocenters. The fourth-order valence-corrected chi connectivity index (χ4v) is 2.57. The average molecular weight is 281 g/mol. The Hall–Kier alpha value is -2.36. The number of pyridine rings is 1. The number of carbonyl (C=O) groups excluding carboxylic acids is 1. The third-order valence-corrected chi connectivity index (χ3v) is 3.70. The number of anilines is 2. The van der Waals surface area contributed by atoms with E-state index in [4.69, 9.17) is 0 Å². The van der Waals surface area contributed by atoms with Crippen molar-refractivity contribution in [3.05, 3.63) is 53.9 Å². The lowest BCUT2D eigenvalue weighted by molar-refractivity contribution is -0.116. The monoisotopic (exact) mass is 281 g/mol. The van der Waals surface area contributed by atoms with Crippen LogP contribution in [0, 0.1) is 0 Å². The van der Waals surface area contributed by atoms with Gasteiger partial charge in [0.25, 0.3) is 0 Å². The number of benzene rings is 1. The van der Waals surface area contributed by atoms with Crippen LogP contribution in [-0.4, -0.2) is 17.4 Å². The van der Waals surface area contributed by atoms with Gasteiger partial charge < -0.3 is 10.6 Å². The van der Waals surface area contributed by atoms with Crippen molar-refractivity contribution in [3.8, 4) is 0 Å². The van der Waals surface area contributed by atoms with Gasteiger partial charge in [-0.1, -0.05) is 12.1 Å². The Morgan fingerprint density at radius 2 is 2.29 bits per heavy atom. The summed E-state index contributed by atoms with van der Waals surface area (Å²) in [5.74, 6) is 0.0367. The third-order valence-electron chi connectivity index (χ3n) is 3.70. The molecular formula is C17H19N3O. The van der Waals surface area contributed by atoms with Crippen molar-refractivity contribution in [2.75, 3.05) is 17.2 Å². The van der Waals surface area contributed by atoms with Gasteiger partial charge in [0.15, 0.2) is 0 Å². The van der Waals surface area contributed by atoms with Crippen molar-refractivity contribution < 1.29 is 4.79 Å². The lowest BCUT2D eigenvalue weighted by Crippen LogP contribution is -2.15. The molecule has 1 aliphatic rings. The minimum absolute atomic E-state index is 0.0367. The minimum atomic E-state index is 0.0367. The molecule has 0 atom stereocenters. The van der Waals surface area contributed by atoms with E-state index in [0.29, 0.717) is 12.8 Å². The first-order chi connectivity index (χ1) is 10.3. The molecule has 2 N–H and O–H groups in total. The van der Waals surface area contributed by atoms with Crippen molar-refractivity contribution >= 4 is 17.3 Å². The third kappa shape index (κ3) is 3.60. The number of fused-ring (bicyclic) bond motifs is 1. The summed E-state index contributed by atoms with van der Waals surface area (Å²) in [4.78, 5) is 16.1. The summed E-state index contributed by atoms with van der Waals surface area (Å²) in [5, 5.41) is 6.34. The lowest BCUT2D eigenvalue weighted by Gasteiger charge is -2.18. The molecule has 0 saturated carbocycles. The van der Waals surface area contributed by atoms with E-state index in [1.807, 2.05) is 24.3 Å². The number of amides is 1. The van der Waals surface area contributed by atoms with Gasteiger partial charge >= 0.3 is 0 Å². The van der Waals surface area contributed by atoms with Crippen LogP contribution < -0.4 is 10.6 Å². The zero-order valence-corrected chi connectivity index (χ0v) is 11.9. The highest BCUT2D eigenvalue weighted by Gasteiger charge is 2.10. The average Bonchev–Trinajstić information content (AvgIpc) is 2.54. The molecular weight excluding hydrogens is 262 g/mol. The molecule has 0 saturated heterocycles. The van der Waals surface area contributed by atoms with Gasteiger partial charge in [0, 0.05) is 36.7 Å². The first-order valence-electron chi connectivity index (χ1n) is 7.37. The number of nitrogens with one attached hydrogen (secondary N) is 2. The number of hydrogen-bond donors (Lipinski definition) is 2. The fourth-order valence-electron chi connectivity index (χ4n) is 2.57. The van der Waals surface area contributed by atoms with Crippen LogP contribution in [0.15, 0.2) is 42.7 Å². The van der Waals surface area contributed by atoms with E-state index in [0.717, 1.165) is 29.9 Å². The molecule has 2 heterocycles. The summed E-state index contributed by atoms with van der Waals surface area (Å²) >= 11 is 0. The van der Waals surface area contributed by atoms with Crippen molar-refractivity contribution in [1.29, 1.82) is 0 Å². The van der Waals surface area contributed by atoms with Gasteiger partial charge in [-0.25, -0.2) is 0 Å². The van der Waals surface area contributed by atoms with Gasteiger partial charge in [-0.05, 0) is 48.6 Å². The van der Waals surface area contributed by atoms with Gasteiger partial charge in [0.1, 0.15) is 0 Å². The Kier molecular flexibility index (Phi) is 4.15. The summed E-state index contributed by atoms with van der Waals surface area (Å²) in [6, 6.07) is 9.98. The molecule has 0 spiro atoms. The molecule has 1 amide bonds. The molecule has 0 fully saturated rings. The molecule has 108 valence electrons. The SMILES string of the molecule is O=C(CCc1cccnc1)Nc1ccc2c(c1)NCCC2. The van der Waals surface area contributed by atoms with Gasteiger partial charge in [-0.2, -0.15) is 0 Å². The normalized spacial score (nSPS) is 13.1. The van der Waals surface area contributed by atoms with Gasteiger partial charge in [0.05, 0.1) is 0 Å². The molecule has 4 nitrogen and oxygen atoms in total. The second kappa shape index (κ2) is 6.39. The Morgan fingerprint density at radius 3 is 3.14 bits per heavy atom. The number of aromatic nitrogens is 1. The van der Waals surface area contributed by atoms with Crippen molar-refractivity contribution in [1.82, 2.24) is 4.98 Å². The maximum atomic E-state index is 12.0. The second-order valence-corrected chi connectivity index (χ2v) is 5.31. The topological polar surface area (TPSA) is 54.0 Å². The maximum Gasteiger partial charge on any atom is 0.224 e. The highest BCUT2D eigenvalue weighted by atomic mass is 16.1. The van der Waals surface area contributed by atoms with Gasteiger partial charge in [-0.15, -0.1) is 0 Å². The summed E-state index contributed by atoms with van der Waals surface area (Å²) in [5.41, 5.74) is 4.42. The van der Waals surface area contributed by atoms with E-state index >= 15 is 0 Å². The molecule has 1 aromatic heterocycles. The van der Waals surface area contributed by atoms with Crippen molar-refractivity contribution in [3.63, 3.8) is 0 Å². The van der Waals surface area contributed by atoms with Crippen LogP contribution >= 0.6 is 0 Å². The molecule has 0 bridgehead atoms. The van der Waals surface area contributed by atoms with Gasteiger partial charge in [-0.3, -0.25) is 9.78 Å². The number of rotatable bonds is 4. The van der Waals surface area contributed by atoms with Crippen LogP contribution in [0.1, 0.15) is 24.0 Å². The molecule has 1 aliphatic heterocycles. The van der Waals surface area contributed by atoms with Crippen LogP contribution in [0.2, 0.25) is 0 Å². The molecule has 21 heavy (non-hydrogen) atoms. The largest absolute Gasteiger partial charge is 0.385 e. The van der Waals surface area contributed by atoms with E-state index < -0.39 is 0 Å². The van der Waals surface area contributed by atoms with E-state index in [2.05, 4.69) is 21.7 Å². The van der Waals surface area contributed by atoms with Crippen LogP contribution in [0.25, 0.3) is 0 Å².